The number of pyridine rings is 1. The fourth-order valence-electron chi connectivity index (χ4n) is 6.03. The number of ether oxygens (including phenoxy) is 1. The molecule has 10 heteroatoms. The molecule has 1 fully saturated rings. The van der Waals surface area contributed by atoms with Crippen LogP contribution in [-0.2, 0) is 10.0 Å². The van der Waals surface area contributed by atoms with Crippen molar-refractivity contribution in [2.45, 2.75) is 46.7 Å². The molecule has 0 bridgehead atoms. The Bertz CT molecular complexity index is 1730. The van der Waals surface area contributed by atoms with Gasteiger partial charge in [0.2, 0.25) is 10.0 Å². The Labute approximate surface area is 247 Å². The average Bonchev–Trinajstić information content (AvgIpc) is 3.38. The van der Waals surface area contributed by atoms with Crippen molar-refractivity contribution < 1.29 is 13.2 Å². The van der Waals surface area contributed by atoms with Crippen molar-refractivity contribution in [1.29, 1.82) is 0 Å². The summed E-state index contributed by atoms with van der Waals surface area (Å²) in [5.41, 5.74) is 10.1. The van der Waals surface area contributed by atoms with E-state index < -0.39 is 10.0 Å². The topological polar surface area (TPSA) is 88.5 Å². The molecule has 214 valence electrons. The van der Waals surface area contributed by atoms with Crippen LogP contribution in [0.25, 0.3) is 5.69 Å². The Morgan fingerprint density at radius 1 is 1.00 bits per heavy atom. The first-order chi connectivity index (χ1) is 19.4. The second-order valence-corrected chi connectivity index (χ2v) is 12.8. The van der Waals surface area contributed by atoms with Gasteiger partial charge in [-0.15, -0.1) is 0 Å². The molecule has 2 N–H and O–H groups in total. The third-order valence-corrected chi connectivity index (χ3v) is 8.41. The van der Waals surface area contributed by atoms with Gasteiger partial charge in [0.05, 0.1) is 42.5 Å². The standard InChI is InChI=1S/C31H35N5O3S2/c1-18-14-19(2)29(20(3)15-18)35-21(4)16-24(22(35)5)30-28(25-10-8-9-13-32-25)33-31(40)36(30)23-11-12-27(39-6)26(17-23)34-41(7,37)38/h8-17,28,30,34H,1-7H3,(H,33,40)/t28-,30+/m0/s1. The van der Waals surface area contributed by atoms with Crippen molar-refractivity contribution in [2.75, 3.05) is 23.0 Å². The maximum Gasteiger partial charge on any atom is 0.229 e. The highest BCUT2D eigenvalue weighted by Gasteiger charge is 2.42. The van der Waals surface area contributed by atoms with Gasteiger partial charge in [0.15, 0.2) is 5.11 Å². The molecule has 1 aliphatic heterocycles. The van der Waals surface area contributed by atoms with Gasteiger partial charge in [-0.1, -0.05) is 23.8 Å². The van der Waals surface area contributed by atoms with Crippen molar-refractivity contribution >= 4 is 38.7 Å². The van der Waals surface area contributed by atoms with E-state index in [1.165, 1.54) is 29.5 Å². The van der Waals surface area contributed by atoms with Crippen molar-refractivity contribution in [3.8, 4) is 11.4 Å². The molecule has 3 heterocycles. The highest BCUT2D eigenvalue weighted by atomic mass is 32.2. The molecule has 41 heavy (non-hydrogen) atoms. The van der Waals surface area contributed by atoms with Gasteiger partial charge in [0.25, 0.3) is 0 Å². The largest absolute Gasteiger partial charge is 0.495 e. The Hall–Kier alpha value is -3.89. The number of benzene rings is 2. The van der Waals surface area contributed by atoms with Gasteiger partial charge in [0, 0.05) is 23.3 Å². The molecule has 8 nitrogen and oxygen atoms in total. The first kappa shape index (κ1) is 28.6. The molecule has 1 saturated heterocycles. The Kier molecular flexibility index (Phi) is 7.56. The van der Waals surface area contributed by atoms with Gasteiger partial charge in [-0.05, 0) is 99.9 Å². The van der Waals surface area contributed by atoms with Gasteiger partial charge >= 0.3 is 0 Å². The molecule has 2 atom stereocenters. The molecule has 2 aromatic carbocycles. The van der Waals surface area contributed by atoms with E-state index in [9.17, 15) is 8.42 Å². The Morgan fingerprint density at radius 3 is 2.32 bits per heavy atom. The zero-order valence-corrected chi connectivity index (χ0v) is 25.9. The van der Waals surface area contributed by atoms with Crippen LogP contribution in [0.15, 0.2) is 60.8 Å². The third-order valence-electron chi connectivity index (χ3n) is 7.50. The van der Waals surface area contributed by atoms with E-state index in [-0.39, 0.29) is 12.1 Å². The minimum absolute atomic E-state index is 0.244. The molecule has 0 aliphatic carbocycles. The number of methoxy groups -OCH3 is 1. The lowest BCUT2D eigenvalue weighted by Crippen LogP contribution is -2.29. The lowest BCUT2D eigenvalue weighted by molar-refractivity contribution is 0.417. The molecule has 4 aromatic rings. The smallest absolute Gasteiger partial charge is 0.229 e. The summed E-state index contributed by atoms with van der Waals surface area (Å²) in [5, 5.41) is 4.03. The van der Waals surface area contributed by atoms with E-state index in [4.69, 9.17) is 17.0 Å². The van der Waals surface area contributed by atoms with E-state index in [1.807, 2.05) is 29.2 Å². The maximum absolute atomic E-state index is 12.2. The number of aryl methyl sites for hydroxylation is 4. The number of nitrogens with one attached hydrogen (secondary N) is 2. The second-order valence-electron chi connectivity index (χ2n) is 10.7. The molecule has 0 amide bonds. The molecular weight excluding hydrogens is 555 g/mol. The minimum Gasteiger partial charge on any atom is -0.495 e. The van der Waals surface area contributed by atoms with Gasteiger partial charge in [0.1, 0.15) is 5.75 Å². The molecule has 0 saturated carbocycles. The predicted octanol–water partition coefficient (Wildman–Crippen LogP) is 5.97. The van der Waals surface area contributed by atoms with E-state index in [0.29, 0.717) is 16.5 Å². The molecule has 0 unspecified atom stereocenters. The molecule has 0 radical (unpaired) electrons. The first-order valence-corrected chi connectivity index (χ1v) is 15.6. The van der Waals surface area contributed by atoms with Gasteiger partial charge < -0.3 is 19.5 Å². The molecule has 1 aliphatic rings. The van der Waals surface area contributed by atoms with E-state index in [2.05, 4.69) is 72.4 Å². The SMILES string of the molecule is COc1ccc(N2C(=S)N[C@@H](c3ccccn3)[C@H]2c2cc(C)n(-c3c(C)cc(C)cc3C)c2C)cc1NS(C)(=O)=O. The summed E-state index contributed by atoms with van der Waals surface area (Å²) in [6.07, 6.45) is 2.90. The lowest BCUT2D eigenvalue weighted by Gasteiger charge is -2.29. The number of anilines is 2. The van der Waals surface area contributed by atoms with Gasteiger partial charge in [-0.25, -0.2) is 8.42 Å². The summed E-state index contributed by atoms with van der Waals surface area (Å²) in [7, 11) is -2.04. The fraction of sp³-hybridized carbons (Fsp3) is 0.290. The zero-order chi connectivity index (χ0) is 29.6. The highest BCUT2D eigenvalue weighted by Crippen LogP contribution is 2.45. The fourth-order valence-corrected chi connectivity index (χ4v) is 6.94. The number of rotatable bonds is 7. The summed E-state index contributed by atoms with van der Waals surface area (Å²) >= 11 is 5.93. The second kappa shape index (κ2) is 10.8. The van der Waals surface area contributed by atoms with Crippen LogP contribution in [0.1, 0.15) is 51.4 Å². The number of sulfonamides is 1. The number of nitrogens with zero attached hydrogens (tertiary/aromatic N) is 3. The van der Waals surface area contributed by atoms with Gasteiger partial charge in [-0.3, -0.25) is 9.71 Å². The third kappa shape index (κ3) is 5.41. The lowest BCUT2D eigenvalue weighted by atomic mass is 9.96. The number of hydrogen-bond acceptors (Lipinski definition) is 5. The highest BCUT2D eigenvalue weighted by molar-refractivity contribution is 7.92. The molecule has 2 aromatic heterocycles. The minimum atomic E-state index is -3.54. The van der Waals surface area contributed by atoms with Crippen LogP contribution < -0.4 is 19.7 Å². The predicted molar refractivity (Wildman–Crippen MR) is 169 cm³/mol. The van der Waals surface area contributed by atoms with Crippen molar-refractivity contribution in [1.82, 2.24) is 14.9 Å². The normalized spacial score (nSPS) is 17.0. The molecular formula is C31H35N5O3S2. The number of hydrogen-bond donors (Lipinski definition) is 2. The van der Waals surface area contributed by atoms with E-state index in [1.54, 1.807) is 18.3 Å². The van der Waals surface area contributed by atoms with E-state index >= 15 is 0 Å². The van der Waals surface area contributed by atoms with Crippen molar-refractivity contribution in [3.05, 3.63) is 100 Å². The van der Waals surface area contributed by atoms with Crippen LogP contribution in [0.2, 0.25) is 0 Å². The van der Waals surface area contributed by atoms with Crippen molar-refractivity contribution in [2.24, 2.45) is 0 Å². The maximum atomic E-state index is 12.2. The van der Waals surface area contributed by atoms with Crippen LogP contribution >= 0.6 is 12.2 Å². The Morgan fingerprint density at radius 2 is 1.71 bits per heavy atom. The summed E-state index contributed by atoms with van der Waals surface area (Å²) in [4.78, 5) is 6.72. The Balaban J connectivity index is 1.71. The summed E-state index contributed by atoms with van der Waals surface area (Å²) in [6, 6.07) is 17.4. The number of aromatic nitrogens is 2. The average molecular weight is 590 g/mol. The monoisotopic (exact) mass is 589 g/mol. The van der Waals surface area contributed by atoms with Crippen LogP contribution in [0, 0.1) is 34.6 Å². The number of thiocarbonyl (C=S) groups is 1. The quantitative estimate of drug-likeness (QED) is 0.257. The van der Waals surface area contributed by atoms with E-state index in [0.717, 1.165) is 34.6 Å². The van der Waals surface area contributed by atoms with Crippen LogP contribution in [0.4, 0.5) is 11.4 Å². The van der Waals surface area contributed by atoms with Crippen LogP contribution in [-0.4, -0.2) is 36.4 Å². The van der Waals surface area contributed by atoms with Crippen LogP contribution in [0.5, 0.6) is 5.75 Å². The summed E-state index contributed by atoms with van der Waals surface area (Å²) in [5.74, 6) is 0.415. The summed E-state index contributed by atoms with van der Waals surface area (Å²) in [6.45, 7) is 10.7. The van der Waals surface area contributed by atoms with Crippen LogP contribution in [0.3, 0.4) is 0 Å². The molecule has 5 rings (SSSR count). The molecule has 0 spiro atoms. The van der Waals surface area contributed by atoms with Crippen molar-refractivity contribution in [3.63, 3.8) is 0 Å². The first-order valence-electron chi connectivity index (χ1n) is 13.3. The summed E-state index contributed by atoms with van der Waals surface area (Å²) < 4.78 is 34.7. The zero-order valence-electron chi connectivity index (χ0n) is 24.3. The van der Waals surface area contributed by atoms with Gasteiger partial charge in [-0.2, -0.15) is 0 Å².